The molecule has 2 aromatic carbocycles. The Kier molecular flexibility index (Phi) is 6.51. The second kappa shape index (κ2) is 9.47. The molecule has 0 bridgehead atoms. The number of amides is 1. The molecular weight excluding hydrogens is 461 g/mol. The fraction of sp³-hybridized carbons (Fsp3) is 0.0909. The minimum Gasteiger partial charge on any atom is -0.484 e. The van der Waals surface area contributed by atoms with Gasteiger partial charge in [0.1, 0.15) is 23.1 Å². The zero-order chi connectivity index (χ0) is 21.8. The maximum Gasteiger partial charge on any atom is 0.292 e. The third kappa shape index (κ3) is 5.22. The van der Waals surface area contributed by atoms with Crippen LogP contribution in [-0.2, 0) is 13.2 Å². The predicted octanol–water partition coefficient (Wildman–Crippen LogP) is 6.32. The Bertz CT molecular complexity index is 1220. The van der Waals surface area contributed by atoms with Gasteiger partial charge in [0.15, 0.2) is 11.6 Å². The van der Waals surface area contributed by atoms with E-state index in [-0.39, 0.29) is 18.2 Å². The lowest BCUT2D eigenvalue weighted by Gasteiger charge is -2.05. The number of hydrogen-bond donors (Lipinski definition) is 1. The van der Waals surface area contributed by atoms with Gasteiger partial charge in [-0.05, 0) is 35.9 Å². The summed E-state index contributed by atoms with van der Waals surface area (Å²) < 4.78 is 12.8. The number of para-hydroxylation sites is 1. The first-order valence-corrected chi connectivity index (χ1v) is 10.4. The highest BCUT2D eigenvalue weighted by Gasteiger charge is 2.16. The number of nitrogens with one attached hydrogen (secondary N) is 1. The molecule has 4 rings (SSSR count). The Labute approximate surface area is 193 Å². The fourth-order valence-electron chi connectivity index (χ4n) is 2.82. The van der Waals surface area contributed by atoms with Gasteiger partial charge in [0, 0.05) is 11.2 Å². The molecular formula is C22H16Cl3N3O3. The van der Waals surface area contributed by atoms with Gasteiger partial charge < -0.3 is 14.5 Å². The van der Waals surface area contributed by atoms with Crippen molar-refractivity contribution >= 4 is 46.5 Å². The minimum atomic E-state index is -0.478. The van der Waals surface area contributed by atoms with Crippen molar-refractivity contribution < 1.29 is 13.9 Å². The molecule has 0 aliphatic rings. The number of halogens is 3. The van der Waals surface area contributed by atoms with E-state index in [9.17, 15) is 4.79 Å². The number of rotatable bonds is 7. The number of aromatic nitrogens is 2. The first-order chi connectivity index (χ1) is 15.0. The van der Waals surface area contributed by atoms with Crippen molar-refractivity contribution in [3.63, 3.8) is 0 Å². The summed E-state index contributed by atoms with van der Waals surface area (Å²) >= 11 is 18.5. The summed E-state index contributed by atoms with van der Waals surface area (Å²) in [7, 11) is 0. The topological polar surface area (TPSA) is 69.3 Å². The molecule has 0 fully saturated rings. The zero-order valence-electron chi connectivity index (χ0n) is 16.0. The Morgan fingerprint density at radius 2 is 1.71 bits per heavy atom. The van der Waals surface area contributed by atoms with Gasteiger partial charge >= 0.3 is 0 Å². The van der Waals surface area contributed by atoms with Gasteiger partial charge in [-0.1, -0.05) is 65.1 Å². The van der Waals surface area contributed by atoms with Gasteiger partial charge in [0.05, 0.1) is 11.6 Å². The highest BCUT2D eigenvalue weighted by molar-refractivity contribution is 6.33. The van der Waals surface area contributed by atoms with E-state index in [1.807, 2.05) is 30.3 Å². The first kappa shape index (κ1) is 21.3. The van der Waals surface area contributed by atoms with Crippen LogP contribution in [0.15, 0.2) is 71.3 Å². The maximum absolute atomic E-state index is 12.5. The highest BCUT2D eigenvalue weighted by Crippen LogP contribution is 2.25. The van der Waals surface area contributed by atoms with E-state index >= 15 is 0 Å². The Morgan fingerprint density at radius 3 is 2.48 bits per heavy atom. The van der Waals surface area contributed by atoms with Crippen molar-refractivity contribution in [1.82, 2.24) is 9.78 Å². The number of ether oxygens (including phenoxy) is 1. The van der Waals surface area contributed by atoms with Crippen LogP contribution in [0.5, 0.6) is 5.75 Å². The van der Waals surface area contributed by atoms with Gasteiger partial charge in [0.2, 0.25) is 0 Å². The van der Waals surface area contributed by atoms with Crippen molar-refractivity contribution in [2.75, 3.05) is 5.32 Å². The van der Waals surface area contributed by atoms with E-state index < -0.39 is 5.91 Å². The normalized spacial score (nSPS) is 10.8. The molecule has 0 radical (unpaired) electrons. The van der Waals surface area contributed by atoms with Gasteiger partial charge in [-0.2, -0.15) is 5.10 Å². The van der Waals surface area contributed by atoms with Crippen LogP contribution >= 0.6 is 34.8 Å². The number of nitrogens with zero attached hydrogens (tertiary/aromatic N) is 2. The minimum absolute atomic E-state index is 0.106. The Balaban J connectivity index is 1.39. The van der Waals surface area contributed by atoms with E-state index in [1.54, 1.807) is 41.2 Å². The van der Waals surface area contributed by atoms with Crippen LogP contribution in [0.1, 0.15) is 21.9 Å². The van der Waals surface area contributed by atoms with Crippen molar-refractivity contribution in [3.8, 4) is 5.75 Å². The molecule has 31 heavy (non-hydrogen) atoms. The highest BCUT2D eigenvalue weighted by atomic mass is 35.5. The number of hydrogen-bond acceptors (Lipinski definition) is 4. The second-order valence-electron chi connectivity index (χ2n) is 6.55. The van der Waals surface area contributed by atoms with Crippen LogP contribution in [0.2, 0.25) is 15.1 Å². The lowest BCUT2D eigenvalue weighted by atomic mass is 10.2. The molecule has 2 aromatic heterocycles. The maximum atomic E-state index is 12.5. The number of furan rings is 1. The first-order valence-electron chi connectivity index (χ1n) is 9.23. The number of carbonyl (C=O) groups excluding carboxylic acids is 1. The molecule has 0 atom stereocenters. The van der Waals surface area contributed by atoms with E-state index in [2.05, 4.69) is 10.4 Å². The van der Waals surface area contributed by atoms with Gasteiger partial charge in [-0.15, -0.1) is 0 Å². The molecule has 0 aliphatic carbocycles. The van der Waals surface area contributed by atoms with Crippen LogP contribution in [0.3, 0.4) is 0 Å². The summed E-state index contributed by atoms with van der Waals surface area (Å²) in [6, 6.07) is 17.7. The fourth-order valence-corrected chi connectivity index (χ4v) is 3.40. The van der Waals surface area contributed by atoms with Crippen LogP contribution in [0.25, 0.3) is 0 Å². The third-order valence-electron chi connectivity index (χ3n) is 4.33. The summed E-state index contributed by atoms with van der Waals surface area (Å²) in [6.45, 7) is 0.545. The van der Waals surface area contributed by atoms with Gasteiger partial charge in [0.25, 0.3) is 5.91 Å². The monoisotopic (exact) mass is 475 g/mol. The molecule has 1 N–H and O–H groups in total. The van der Waals surface area contributed by atoms with Crippen LogP contribution in [0, 0.1) is 0 Å². The number of carbonyl (C=O) groups is 1. The summed E-state index contributed by atoms with van der Waals surface area (Å²) in [5, 5.41) is 8.39. The predicted molar refractivity (Wildman–Crippen MR) is 120 cm³/mol. The Morgan fingerprint density at radius 1 is 0.968 bits per heavy atom. The largest absolute Gasteiger partial charge is 0.484 e. The van der Waals surface area contributed by atoms with Crippen molar-refractivity contribution in [2.24, 2.45) is 0 Å². The quantitative estimate of drug-likeness (QED) is 0.339. The smallest absolute Gasteiger partial charge is 0.292 e. The molecule has 9 heteroatoms. The molecule has 1 amide bonds. The summed E-state index contributed by atoms with van der Waals surface area (Å²) in [5.41, 5.74) is 0.885. The summed E-state index contributed by atoms with van der Waals surface area (Å²) in [4.78, 5) is 12.5. The lowest BCUT2D eigenvalue weighted by molar-refractivity contribution is 0.0992. The molecule has 2 heterocycles. The SMILES string of the molecule is O=C(Nc1nn(Cc2ccccc2Cl)cc1Cl)c1ccc(COc2ccccc2Cl)o1. The molecule has 0 saturated heterocycles. The lowest BCUT2D eigenvalue weighted by Crippen LogP contribution is -2.12. The molecule has 0 spiro atoms. The van der Waals surface area contributed by atoms with Gasteiger partial charge in [-0.25, -0.2) is 0 Å². The average Bonchev–Trinajstić information content (AvgIpc) is 3.36. The zero-order valence-corrected chi connectivity index (χ0v) is 18.3. The summed E-state index contributed by atoms with van der Waals surface area (Å²) in [6.07, 6.45) is 1.62. The van der Waals surface area contributed by atoms with Crippen LogP contribution in [-0.4, -0.2) is 15.7 Å². The van der Waals surface area contributed by atoms with Crippen molar-refractivity contribution in [2.45, 2.75) is 13.2 Å². The summed E-state index contributed by atoms with van der Waals surface area (Å²) in [5.74, 6) is 0.857. The third-order valence-corrected chi connectivity index (χ3v) is 5.29. The number of anilines is 1. The van der Waals surface area contributed by atoms with Crippen molar-refractivity contribution in [3.05, 3.63) is 99.0 Å². The number of benzene rings is 2. The van der Waals surface area contributed by atoms with Crippen LogP contribution in [0.4, 0.5) is 5.82 Å². The van der Waals surface area contributed by atoms with E-state index in [4.69, 9.17) is 44.0 Å². The van der Waals surface area contributed by atoms with E-state index in [0.717, 1.165) is 5.56 Å². The molecule has 4 aromatic rings. The standard InChI is InChI=1S/C22H16Cl3N3O3/c23-16-6-2-1-5-14(16)11-28-12-18(25)21(27-28)26-22(29)20-10-9-15(31-20)13-30-19-8-4-3-7-17(19)24/h1-10,12H,11,13H2,(H,26,27,29). The molecule has 0 aliphatic heterocycles. The Hall–Kier alpha value is -2.93. The van der Waals surface area contributed by atoms with Gasteiger partial charge in [-0.3, -0.25) is 9.48 Å². The average molecular weight is 477 g/mol. The van der Waals surface area contributed by atoms with E-state index in [0.29, 0.717) is 33.1 Å². The van der Waals surface area contributed by atoms with Crippen LogP contribution < -0.4 is 10.1 Å². The van der Waals surface area contributed by atoms with Crippen molar-refractivity contribution in [1.29, 1.82) is 0 Å². The molecule has 0 saturated carbocycles. The second-order valence-corrected chi connectivity index (χ2v) is 7.78. The molecule has 6 nitrogen and oxygen atoms in total. The molecule has 158 valence electrons. The molecule has 0 unspecified atom stereocenters. The van der Waals surface area contributed by atoms with E-state index in [1.165, 1.54) is 0 Å².